The van der Waals surface area contributed by atoms with Crippen molar-refractivity contribution in [1.29, 1.82) is 0 Å². The van der Waals surface area contributed by atoms with E-state index in [2.05, 4.69) is 0 Å². The average Bonchev–Trinajstić information content (AvgIpc) is 2.87. The van der Waals surface area contributed by atoms with Gasteiger partial charge in [0, 0.05) is 34.1 Å². The van der Waals surface area contributed by atoms with Gasteiger partial charge in [-0.3, -0.25) is 4.79 Å². The van der Waals surface area contributed by atoms with Crippen LogP contribution in [0.15, 0.2) is 71.6 Å². The summed E-state index contributed by atoms with van der Waals surface area (Å²) in [6.07, 6.45) is -0.514. The van der Waals surface area contributed by atoms with Crippen molar-refractivity contribution in [2.75, 3.05) is 12.0 Å². The van der Waals surface area contributed by atoms with Crippen LogP contribution in [0.5, 0.6) is 0 Å². The van der Waals surface area contributed by atoms with Crippen molar-refractivity contribution in [1.82, 2.24) is 4.72 Å². The van der Waals surface area contributed by atoms with Crippen LogP contribution in [-0.4, -0.2) is 42.6 Å². The number of rotatable bonds is 11. The number of amides is 2. The van der Waals surface area contributed by atoms with E-state index < -0.39 is 39.1 Å². The molecule has 0 heterocycles. The highest BCUT2D eigenvalue weighted by atomic mass is 32.2. The van der Waals surface area contributed by atoms with E-state index in [9.17, 15) is 23.1 Å². The maximum absolute atomic E-state index is 12.7. The largest absolute Gasteiger partial charge is 0.442 e. The first kappa shape index (κ1) is 34.0. The molecule has 3 aromatic rings. The van der Waals surface area contributed by atoms with E-state index in [4.69, 9.17) is 16.2 Å². The Hall–Kier alpha value is -3.54. The summed E-state index contributed by atoms with van der Waals surface area (Å²) in [6, 6.07) is 19.9. The van der Waals surface area contributed by atoms with Gasteiger partial charge in [-0.05, 0) is 46.5 Å². The Morgan fingerprint density at radius 1 is 0.977 bits per heavy atom. The number of ether oxygens (including phenoxy) is 1. The van der Waals surface area contributed by atoms with Crippen molar-refractivity contribution in [2.24, 2.45) is 11.1 Å². The summed E-state index contributed by atoms with van der Waals surface area (Å²) in [4.78, 5) is 25.5. The Balaban J connectivity index is 1.95. The summed E-state index contributed by atoms with van der Waals surface area (Å²) >= 11 is 1.47. The zero-order chi connectivity index (χ0) is 32.2. The Labute approximate surface area is 258 Å². The van der Waals surface area contributed by atoms with Crippen molar-refractivity contribution in [2.45, 2.75) is 69.3 Å². The molecule has 0 saturated heterocycles. The van der Waals surface area contributed by atoms with Crippen LogP contribution in [0.3, 0.4) is 0 Å². The van der Waals surface area contributed by atoms with E-state index in [0.29, 0.717) is 22.6 Å². The molecule has 0 spiro atoms. The third-order valence-electron chi connectivity index (χ3n) is 7.15. The van der Waals surface area contributed by atoms with E-state index in [1.807, 2.05) is 69.7 Å². The number of carbonyl (C=O) groups excluding carboxylic acids is 2. The number of aliphatic hydroxyl groups is 1. The van der Waals surface area contributed by atoms with Crippen molar-refractivity contribution in [3.63, 3.8) is 0 Å². The lowest BCUT2D eigenvalue weighted by Gasteiger charge is -2.45. The zero-order valence-corrected chi connectivity index (χ0v) is 27.0. The summed E-state index contributed by atoms with van der Waals surface area (Å²) in [5.41, 5.74) is 13.7. The molecule has 0 bridgehead atoms. The molecule has 0 aliphatic rings. The smallest absolute Gasteiger partial charge is 0.405 e. The van der Waals surface area contributed by atoms with Gasteiger partial charge in [-0.15, -0.1) is 11.8 Å². The normalized spacial score (nSPS) is 14.1. The molecular weight excluding hydrogens is 587 g/mol. The minimum absolute atomic E-state index is 0.109. The minimum atomic E-state index is -3.71. The average molecular weight is 628 g/mol. The summed E-state index contributed by atoms with van der Waals surface area (Å²) in [6.45, 7) is 9.80. The minimum Gasteiger partial charge on any atom is -0.442 e. The quantitative estimate of drug-likeness (QED) is 0.156. The molecule has 0 radical (unpaired) electrons. The van der Waals surface area contributed by atoms with Gasteiger partial charge in [0.2, 0.25) is 10.0 Å². The lowest BCUT2D eigenvalue weighted by molar-refractivity contribution is -0.0931. The molecule has 2 amide bonds. The molecule has 0 saturated carbocycles. The fraction of sp³-hybridized carbons (Fsp3) is 0.375. The molecule has 2 atom stereocenters. The fourth-order valence-electron chi connectivity index (χ4n) is 4.82. The van der Waals surface area contributed by atoms with E-state index >= 15 is 0 Å². The number of carbonyl (C=O) groups is 2. The molecule has 6 N–H and O–H groups in total. The second-order valence-electron chi connectivity index (χ2n) is 12.0. The topological polar surface area (TPSA) is 162 Å². The molecule has 0 aromatic heterocycles. The highest BCUT2D eigenvalue weighted by Crippen LogP contribution is 2.43. The molecule has 0 aliphatic carbocycles. The predicted molar refractivity (Wildman–Crippen MR) is 172 cm³/mol. The zero-order valence-electron chi connectivity index (χ0n) is 25.4. The molecule has 3 aromatic carbocycles. The van der Waals surface area contributed by atoms with E-state index in [-0.39, 0.29) is 17.2 Å². The number of nitrogens with one attached hydrogen (secondary N) is 1. The van der Waals surface area contributed by atoms with Crippen molar-refractivity contribution in [3.8, 4) is 11.1 Å². The van der Waals surface area contributed by atoms with Gasteiger partial charge in [-0.25, -0.2) is 17.9 Å². The maximum Gasteiger partial charge on any atom is 0.405 e. The van der Waals surface area contributed by atoms with Gasteiger partial charge in [0.15, 0.2) is 0 Å². The van der Waals surface area contributed by atoms with Gasteiger partial charge >= 0.3 is 6.09 Å². The molecule has 1 unspecified atom stereocenters. The number of benzene rings is 3. The fourth-order valence-corrected chi connectivity index (χ4v) is 6.26. The van der Waals surface area contributed by atoms with Crippen LogP contribution < -0.4 is 16.2 Å². The SMILES string of the molecule is CC(C)Sc1cc(-c2ccc(CC(C[C@@H](O)c3ccc(N)cc3)(OC(N)=O)C(C)(C)C)cc2)ccc1C(=O)NS(C)(=O)=O. The number of hydrogen-bond donors (Lipinski definition) is 4. The van der Waals surface area contributed by atoms with Gasteiger partial charge in [0.25, 0.3) is 5.91 Å². The number of sulfonamides is 1. The maximum atomic E-state index is 12.7. The molecule has 9 nitrogen and oxygen atoms in total. The standard InChI is InChI=1S/C32H41N3O6S2/c1-20(2)42-28-17-24(13-16-26(28)29(37)35-43(6,39)40)22-9-7-21(8-10-22)18-32(31(3,4)5,41-30(34)38)19-27(36)23-11-14-25(33)15-12-23/h7-17,20,27,36H,18-19,33H2,1-6H3,(H2,34,38)(H,35,37)/t27-,32?/m1/s1. The summed E-state index contributed by atoms with van der Waals surface area (Å²) in [5, 5.41) is 11.3. The van der Waals surface area contributed by atoms with Crippen LogP contribution in [-0.2, 0) is 21.2 Å². The molecule has 3 rings (SSSR count). The third kappa shape index (κ3) is 9.22. The molecule has 232 valence electrons. The van der Waals surface area contributed by atoms with Crippen LogP contribution in [0.2, 0.25) is 0 Å². The van der Waals surface area contributed by atoms with Gasteiger partial charge in [-0.1, -0.05) is 77.1 Å². The molecular formula is C32H41N3O6S2. The first-order valence-electron chi connectivity index (χ1n) is 13.8. The summed E-state index contributed by atoms with van der Waals surface area (Å²) in [7, 11) is -3.71. The number of aliphatic hydroxyl groups excluding tert-OH is 1. The molecule has 0 fully saturated rings. The first-order valence-corrected chi connectivity index (χ1v) is 16.6. The predicted octanol–water partition coefficient (Wildman–Crippen LogP) is 5.67. The summed E-state index contributed by atoms with van der Waals surface area (Å²) < 4.78 is 31.2. The number of nitrogen functional groups attached to an aromatic ring is 1. The van der Waals surface area contributed by atoms with Crippen LogP contribution in [0.1, 0.15) is 68.6 Å². The van der Waals surface area contributed by atoms with Gasteiger partial charge in [0.05, 0.1) is 17.9 Å². The highest BCUT2D eigenvalue weighted by molar-refractivity contribution is 8.00. The lowest BCUT2D eigenvalue weighted by Crippen LogP contribution is -2.51. The van der Waals surface area contributed by atoms with E-state index in [1.54, 1.807) is 36.4 Å². The van der Waals surface area contributed by atoms with E-state index in [1.165, 1.54) is 11.8 Å². The lowest BCUT2D eigenvalue weighted by atomic mass is 9.69. The number of primary amides is 1. The van der Waals surface area contributed by atoms with Gasteiger partial charge < -0.3 is 21.3 Å². The van der Waals surface area contributed by atoms with Gasteiger partial charge in [-0.2, -0.15) is 0 Å². The second-order valence-corrected chi connectivity index (χ2v) is 15.4. The van der Waals surface area contributed by atoms with Crippen LogP contribution in [0, 0.1) is 5.41 Å². The molecule has 0 aliphatic heterocycles. The van der Waals surface area contributed by atoms with Gasteiger partial charge in [0.1, 0.15) is 5.60 Å². The monoisotopic (exact) mass is 627 g/mol. The number of anilines is 1. The van der Waals surface area contributed by atoms with E-state index in [0.717, 1.165) is 22.9 Å². The molecule has 43 heavy (non-hydrogen) atoms. The Morgan fingerprint density at radius 2 is 1.56 bits per heavy atom. The third-order valence-corrected chi connectivity index (χ3v) is 8.77. The van der Waals surface area contributed by atoms with Crippen LogP contribution >= 0.6 is 11.8 Å². The Kier molecular flexibility index (Phi) is 10.6. The van der Waals surface area contributed by atoms with Crippen molar-refractivity contribution < 1.29 is 27.9 Å². The number of hydrogen-bond acceptors (Lipinski definition) is 8. The Morgan fingerprint density at radius 3 is 2.07 bits per heavy atom. The van der Waals surface area contributed by atoms with Crippen LogP contribution in [0.4, 0.5) is 10.5 Å². The number of nitrogens with two attached hydrogens (primary N) is 2. The first-order chi connectivity index (χ1) is 19.9. The van der Waals surface area contributed by atoms with Crippen molar-refractivity contribution in [3.05, 3.63) is 83.4 Å². The molecule has 11 heteroatoms. The second kappa shape index (κ2) is 13.4. The van der Waals surface area contributed by atoms with Crippen LogP contribution in [0.25, 0.3) is 11.1 Å². The Bertz CT molecular complexity index is 1550. The van der Waals surface area contributed by atoms with Crippen molar-refractivity contribution >= 4 is 39.5 Å². The summed E-state index contributed by atoms with van der Waals surface area (Å²) in [5.74, 6) is -0.679. The highest BCUT2D eigenvalue weighted by Gasteiger charge is 2.47. The number of thioether (sulfide) groups is 1.